The van der Waals surface area contributed by atoms with Gasteiger partial charge in [0.1, 0.15) is 5.03 Å². The monoisotopic (exact) mass is 751 g/mol. The summed E-state index contributed by atoms with van der Waals surface area (Å²) in [4.78, 5) is 41.8. The molecule has 3 unspecified atom stereocenters. The second-order valence-electron chi connectivity index (χ2n) is 13.1. The van der Waals surface area contributed by atoms with Gasteiger partial charge in [0, 0.05) is 48.2 Å². The number of thiol groups is 1. The number of hydrogen-bond acceptors (Lipinski definition) is 11. The lowest BCUT2D eigenvalue weighted by molar-refractivity contribution is -0.125. The van der Waals surface area contributed by atoms with Crippen LogP contribution in [-0.2, 0) is 14.4 Å². The van der Waals surface area contributed by atoms with Crippen molar-refractivity contribution in [1.82, 2.24) is 31.6 Å². The van der Waals surface area contributed by atoms with Gasteiger partial charge < -0.3 is 32.3 Å². The third kappa shape index (κ3) is 27.7. The van der Waals surface area contributed by atoms with Gasteiger partial charge in [0.25, 0.3) is 0 Å². The lowest BCUT2D eigenvalue weighted by Gasteiger charge is -2.26. The molecule has 7 N–H and O–H groups in total. The molecule has 1 aromatic heterocycles. The van der Waals surface area contributed by atoms with Gasteiger partial charge >= 0.3 is 0 Å². The quantitative estimate of drug-likeness (QED) is 0.0333. The number of nitrogens with two attached hydrogens (primary N) is 1. The molecule has 3 amide bonds. The van der Waals surface area contributed by atoms with E-state index >= 15 is 0 Å². The summed E-state index contributed by atoms with van der Waals surface area (Å²) in [5.41, 5.74) is 5.59. The van der Waals surface area contributed by atoms with Crippen molar-refractivity contribution in [2.24, 2.45) is 11.7 Å². The SMILES string of the molecule is CC(C)CCNC(C)(C)CC(=O)NCNC(=O)CCNC(CCSS)C(=O)NCCC(C)(C)SSc1ccccn1.CC(P)CCN. The molecule has 3 atom stereocenters. The molecular weight excluding hydrogens is 690 g/mol. The van der Waals surface area contributed by atoms with E-state index in [-0.39, 0.29) is 41.1 Å². The Morgan fingerprint density at radius 3 is 2.26 bits per heavy atom. The fourth-order valence-corrected chi connectivity index (χ4v) is 6.94. The Labute approximate surface area is 304 Å². The second-order valence-corrected chi connectivity index (χ2v) is 18.6. The van der Waals surface area contributed by atoms with E-state index in [4.69, 9.17) is 5.73 Å². The molecule has 15 heteroatoms. The standard InChI is InChI=1S/C28H50N6O3S4.C4H12NP/c1-21(2)10-16-34-27(3,4)19-24(36)33-20-32-23(35)11-15-29-22(12-18-39-38)26(37)31-17-13-28(5,6)41-40-25-9-7-8-14-30-25;1-4(6)2-3-5/h7-9,14,21-22,29,34,38H,10-13,15-20H2,1-6H3,(H,31,37)(H,32,35)(H,33,36);4H,2-3,5-6H2,1H3. The van der Waals surface area contributed by atoms with Crippen molar-refractivity contribution in [3.63, 3.8) is 0 Å². The highest BCUT2D eigenvalue weighted by molar-refractivity contribution is 8.77. The maximum Gasteiger partial charge on any atom is 0.237 e. The molecule has 0 aliphatic carbocycles. The third-order valence-electron chi connectivity index (χ3n) is 6.69. The van der Waals surface area contributed by atoms with Gasteiger partial charge in [-0.3, -0.25) is 14.4 Å². The van der Waals surface area contributed by atoms with E-state index in [1.165, 1.54) is 10.8 Å². The van der Waals surface area contributed by atoms with E-state index in [1.54, 1.807) is 27.8 Å². The Hall–Kier alpha value is -0.730. The van der Waals surface area contributed by atoms with Gasteiger partial charge in [-0.05, 0) is 101 Å². The van der Waals surface area contributed by atoms with Gasteiger partial charge in [-0.25, -0.2) is 4.98 Å². The zero-order chi connectivity index (χ0) is 35.7. The van der Waals surface area contributed by atoms with Gasteiger partial charge in [0.05, 0.1) is 12.7 Å². The van der Waals surface area contributed by atoms with Crippen LogP contribution in [0.5, 0.6) is 0 Å². The first-order valence-corrected chi connectivity index (χ1v) is 21.2. The minimum atomic E-state index is -0.411. The zero-order valence-electron chi connectivity index (χ0n) is 29.5. The number of aromatic nitrogens is 1. The Balaban J connectivity index is 0.00000320. The number of rotatable bonds is 24. The van der Waals surface area contributed by atoms with Crippen LogP contribution in [0.1, 0.15) is 87.0 Å². The molecule has 0 saturated heterocycles. The molecule has 1 aromatic rings. The highest BCUT2D eigenvalue weighted by Crippen LogP contribution is 2.41. The molecule has 0 aliphatic rings. The molecule has 0 fully saturated rings. The average molecular weight is 752 g/mol. The molecule has 0 aromatic carbocycles. The van der Waals surface area contributed by atoms with Gasteiger partial charge in [-0.1, -0.05) is 48.4 Å². The molecular formula is C32H62N7O3PS4. The van der Waals surface area contributed by atoms with Crippen molar-refractivity contribution in [2.45, 2.75) is 114 Å². The summed E-state index contributed by atoms with van der Waals surface area (Å²) in [5, 5.41) is 16.1. The zero-order valence-corrected chi connectivity index (χ0v) is 34.0. The molecule has 0 radical (unpaired) electrons. The number of pyridine rings is 1. The van der Waals surface area contributed by atoms with E-state index in [9.17, 15) is 14.4 Å². The van der Waals surface area contributed by atoms with Crippen LogP contribution < -0.4 is 32.3 Å². The van der Waals surface area contributed by atoms with Crippen molar-refractivity contribution in [1.29, 1.82) is 0 Å². The predicted molar refractivity (Wildman–Crippen MR) is 212 cm³/mol. The molecule has 272 valence electrons. The number of hydrogen-bond donors (Lipinski definition) is 7. The normalized spacial score (nSPS) is 12.9. The smallest absolute Gasteiger partial charge is 0.237 e. The van der Waals surface area contributed by atoms with Crippen LogP contribution in [0.15, 0.2) is 29.4 Å². The van der Waals surface area contributed by atoms with Crippen LogP contribution in [0, 0.1) is 5.92 Å². The van der Waals surface area contributed by atoms with Crippen LogP contribution >= 0.6 is 53.3 Å². The summed E-state index contributed by atoms with van der Waals surface area (Å²) in [5.74, 6) is 0.912. The van der Waals surface area contributed by atoms with Gasteiger partial charge in [-0.2, -0.15) is 0 Å². The van der Waals surface area contributed by atoms with Crippen LogP contribution in [0.4, 0.5) is 0 Å². The molecule has 1 heterocycles. The van der Waals surface area contributed by atoms with Crippen molar-refractivity contribution in [3.05, 3.63) is 24.4 Å². The molecule has 0 aliphatic heterocycles. The lowest BCUT2D eigenvalue weighted by atomic mass is 9.99. The molecule has 0 bridgehead atoms. The maximum absolute atomic E-state index is 12.9. The molecule has 47 heavy (non-hydrogen) atoms. The molecule has 0 spiro atoms. The van der Waals surface area contributed by atoms with E-state index in [0.29, 0.717) is 43.3 Å². The third-order valence-corrected chi connectivity index (χ3v) is 11.3. The summed E-state index contributed by atoms with van der Waals surface area (Å²) in [7, 11) is 7.45. The van der Waals surface area contributed by atoms with Crippen molar-refractivity contribution in [2.75, 3.05) is 38.6 Å². The van der Waals surface area contributed by atoms with Crippen LogP contribution in [0.3, 0.4) is 0 Å². The molecule has 0 saturated carbocycles. The Kier molecular flexibility index (Phi) is 26.6. The molecule has 1 rings (SSSR count). The number of amides is 3. The highest BCUT2D eigenvalue weighted by atomic mass is 33.1. The first-order chi connectivity index (χ1) is 22.1. The van der Waals surface area contributed by atoms with Crippen LogP contribution in [-0.4, -0.2) is 83.3 Å². The van der Waals surface area contributed by atoms with Crippen molar-refractivity contribution >= 4 is 71.0 Å². The van der Waals surface area contributed by atoms with Gasteiger partial charge in [0.15, 0.2) is 0 Å². The van der Waals surface area contributed by atoms with Crippen molar-refractivity contribution < 1.29 is 14.4 Å². The largest absolute Gasteiger partial charge is 0.355 e. The minimum absolute atomic E-state index is 0.0487. The van der Waals surface area contributed by atoms with Crippen molar-refractivity contribution in [3.8, 4) is 0 Å². The Morgan fingerprint density at radius 2 is 1.68 bits per heavy atom. The van der Waals surface area contributed by atoms with E-state index in [1.807, 2.05) is 32.0 Å². The number of nitrogens with zero attached hydrogens (tertiary/aromatic N) is 1. The summed E-state index contributed by atoms with van der Waals surface area (Å²) in [6.45, 7) is 17.4. The molecule has 10 nitrogen and oxygen atoms in total. The number of nitrogens with one attached hydrogen (secondary N) is 5. The lowest BCUT2D eigenvalue weighted by Crippen LogP contribution is -2.47. The minimum Gasteiger partial charge on any atom is -0.355 e. The summed E-state index contributed by atoms with van der Waals surface area (Å²) < 4.78 is -0.0487. The second kappa shape index (κ2) is 27.1. The number of carbonyl (C=O) groups is 3. The fourth-order valence-electron chi connectivity index (χ4n) is 3.88. The summed E-state index contributed by atoms with van der Waals surface area (Å²) in [6.07, 6.45) is 5.87. The highest BCUT2D eigenvalue weighted by Gasteiger charge is 2.23. The number of carbonyl (C=O) groups excluding carboxylic acids is 3. The maximum atomic E-state index is 12.9. The summed E-state index contributed by atoms with van der Waals surface area (Å²) >= 11 is 4.20. The average Bonchev–Trinajstić information content (AvgIpc) is 2.98. The van der Waals surface area contributed by atoms with E-state index in [0.717, 1.165) is 37.4 Å². The first-order valence-electron chi connectivity index (χ1n) is 16.4. The fraction of sp³-hybridized carbons (Fsp3) is 0.750. The van der Waals surface area contributed by atoms with Crippen LogP contribution in [0.25, 0.3) is 0 Å². The Morgan fingerprint density at radius 1 is 0.979 bits per heavy atom. The Bertz CT molecular complexity index is 993. The predicted octanol–water partition coefficient (Wildman–Crippen LogP) is 5.02. The van der Waals surface area contributed by atoms with E-state index in [2.05, 4.69) is 87.1 Å². The van der Waals surface area contributed by atoms with Gasteiger partial charge in [0.2, 0.25) is 17.7 Å². The topological polar surface area (TPSA) is 150 Å². The van der Waals surface area contributed by atoms with Gasteiger partial charge in [-0.15, -0.1) is 20.9 Å². The van der Waals surface area contributed by atoms with E-state index < -0.39 is 6.04 Å². The summed E-state index contributed by atoms with van der Waals surface area (Å²) in [6, 6.07) is 5.44. The first kappa shape index (κ1) is 46.3. The van der Waals surface area contributed by atoms with Crippen LogP contribution in [0.2, 0.25) is 0 Å².